The minimum absolute atomic E-state index is 0.00934. The first kappa shape index (κ1) is 13.6. The van der Waals surface area contributed by atoms with Crippen LogP contribution >= 0.6 is 0 Å². The molecule has 0 aromatic carbocycles. The van der Waals surface area contributed by atoms with E-state index in [1.54, 1.807) is 4.68 Å². The third-order valence-corrected chi connectivity index (χ3v) is 3.95. The van der Waals surface area contributed by atoms with Crippen LogP contribution in [0.5, 0.6) is 0 Å². The molecule has 0 aliphatic heterocycles. The van der Waals surface area contributed by atoms with E-state index >= 15 is 0 Å². The van der Waals surface area contributed by atoms with E-state index in [1.807, 2.05) is 19.4 Å². The molecule has 18 heavy (non-hydrogen) atoms. The quantitative estimate of drug-likeness (QED) is 0.894. The highest BCUT2D eigenvalue weighted by molar-refractivity contribution is 5.08. The average molecular weight is 251 g/mol. The monoisotopic (exact) mass is 251 g/mol. The van der Waals surface area contributed by atoms with E-state index in [0.29, 0.717) is 18.1 Å². The van der Waals surface area contributed by atoms with Crippen molar-refractivity contribution in [1.29, 1.82) is 0 Å². The summed E-state index contributed by atoms with van der Waals surface area (Å²) in [4.78, 5) is 0. The zero-order valence-electron chi connectivity index (χ0n) is 11.7. The van der Waals surface area contributed by atoms with Crippen LogP contribution in [-0.2, 0) is 11.8 Å². The zero-order valence-corrected chi connectivity index (χ0v) is 11.7. The van der Waals surface area contributed by atoms with Crippen molar-refractivity contribution in [1.82, 2.24) is 9.78 Å². The van der Waals surface area contributed by atoms with Crippen LogP contribution in [0.25, 0.3) is 0 Å². The summed E-state index contributed by atoms with van der Waals surface area (Å²) in [5, 5.41) is 4.18. The minimum Gasteiger partial charge on any atom is -0.369 e. The molecule has 1 aliphatic rings. The van der Waals surface area contributed by atoms with Gasteiger partial charge in [-0.15, -0.1) is 0 Å². The predicted molar refractivity (Wildman–Crippen MR) is 72.1 cm³/mol. The zero-order chi connectivity index (χ0) is 13.2. The van der Waals surface area contributed by atoms with Gasteiger partial charge in [0, 0.05) is 25.4 Å². The maximum atomic E-state index is 6.15. The topological polar surface area (TPSA) is 53.1 Å². The number of hydrogen-bond acceptors (Lipinski definition) is 3. The van der Waals surface area contributed by atoms with Gasteiger partial charge in [-0.3, -0.25) is 4.68 Å². The van der Waals surface area contributed by atoms with Gasteiger partial charge in [0.05, 0.1) is 18.4 Å². The van der Waals surface area contributed by atoms with E-state index in [-0.39, 0.29) is 6.10 Å². The summed E-state index contributed by atoms with van der Waals surface area (Å²) in [5.74, 6) is 0. The Bertz CT molecular complexity index is 376. The van der Waals surface area contributed by atoms with Crippen LogP contribution in [0.15, 0.2) is 12.4 Å². The van der Waals surface area contributed by atoms with E-state index < -0.39 is 0 Å². The van der Waals surface area contributed by atoms with Gasteiger partial charge in [-0.2, -0.15) is 5.10 Å². The SMILES string of the molecule is Cn1cc(C(CN)OC2CCC(C)(C)CC2)cn1. The number of ether oxygens (including phenoxy) is 1. The highest BCUT2D eigenvalue weighted by Gasteiger charge is 2.29. The van der Waals surface area contributed by atoms with Crippen LogP contribution in [0, 0.1) is 5.41 Å². The highest BCUT2D eigenvalue weighted by Crippen LogP contribution is 2.37. The van der Waals surface area contributed by atoms with E-state index in [0.717, 1.165) is 18.4 Å². The van der Waals surface area contributed by atoms with Crippen molar-refractivity contribution in [3.05, 3.63) is 18.0 Å². The van der Waals surface area contributed by atoms with Gasteiger partial charge in [0.15, 0.2) is 0 Å². The normalized spacial score (nSPS) is 22.0. The lowest BCUT2D eigenvalue weighted by molar-refractivity contribution is -0.0429. The third-order valence-electron chi connectivity index (χ3n) is 3.95. The lowest BCUT2D eigenvalue weighted by atomic mass is 9.76. The van der Waals surface area contributed by atoms with Crippen molar-refractivity contribution < 1.29 is 4.74 Å². The molecule has 1 atom stereocenters. The summed E-state index contributed by atoms with van der Waals surface area (Å²) in [6, 6.07) is 0. The number of hydrogen-bond donors (Lipinski definition) is 1. The van der Waals surface area contributed by atoms with Crippen LogP contribution in [0.3, 0.4) is 0 Å². The Kier molecular flexibility index (Phi) is 4.07. The Hall–Kier alpha value is -0.870. The average Bonchev–Trinajstić information content (AvgIpc) is 2.74. The fraction of sp³-hybridized carbons (Fsp3) is 0.786. The maximum Gasteiger partial charge on any atom is 0.0981 e. The van der Waals surface area contributed by atoms with Gasteiger partial charge in [-0.25, -0.2) is 0 Å². The Morgan fingerprint density at radius 3 is 2.67 bits per heavy atom. The van der Waals surface area contributed by atoms with Crippen molar-refractivity contribution in [3.8, 4) is 0 Å². The fourth-order valence-corrected chi connectivity index (χ4v) is 2.62. The van der Waals surface area contributed by atoms with Gasteiger partial charge in [0.1, 0.15) is 0 Å². The first-order valence-electron chi connectivity index (χ1n) is 6.84. The first-order chi connectivity index (χ1) is 8.50. The Morgan fingerprint density at radius 2 is 2.17 bits per heavy atom. The van der Waals surface area contributed by atoms with Crippen LogP contribution < -0.4 is 5.73 Å². The molecule has 4 nitrogen and oxygen atoms in total. The van der Waals surface area contributed by atoms with Crippen molar-refractivity contribution in [2.24, 2.45) is 18.2 Å². The van der Waals surface area contributed by atoms with Crippen molar-refractivity contribution in [2.75, 3.05) is 6.54 Å². The second-order valence-corrected chi connectivity index (χ2v) is 6.17. The molecule has 0 spiro atoms. The lowest BCUT2D eigenvalue weighted by Gasteiger charge is -2.35. The lowest BCUT2D eigenvalue weighted by Crippen LogP contribution is -2.29. The molecule has 1 unspecified atom stereocenters. The number of aromatic nitrogens is 2. The largest absolute Gasteiger partial charge is 0.369 e. The summed E-state index contributed by atoms with van der Waals surface area (Å²) in [7, 11) is 1.92. The predicted octanol–water partition coefficient (Wildman–Crippen LogP) is 2.41. The number of aryl methyl sites for hydroxylation is 1. The van der Waals surface area contributed by atoms with E-state index in [9.17, 15) is 0 Å². The van der Waals surface area contributed by atoms with Gasteiger partial charge in [-0.1, -0.05) is 13.8 Å². The van der Waals surface area contributed by atoms with Gasteiger partial charge in [-0.05, 0) is 31.1 Å². The molecule has 2 N–H and O–H groups in total. The smallest absolute Gasteiger partial charge is 0.0981 e. The molecule has 1 aromatic rings. The summed E-state index contributed by atoms with van der Waals surface area (Å²) in [5.41, 5.74) is 7.39. The molecule has 1 heterocycles. The molecule has 0 saturated heterocycles. The molecule has 2 rings (SSSR count). The van der Waals surface area contributed by atoms with Gasteiger partial charge < -0.3 is 10.5 Å². The van der Waals surface area contributed by atoms with Crippen LogP contribution in [0.2, 0.25) is 0 Å². The minimum atomic E-state index is -0.00934. The number of nitrogens with zero attached hydrogens (tertiary/aromatic N) is 2. The number of rotatable bonds is 4. The molecular formula is C14H25N3O. The fourth-order valence-electron chi connectivity index (χ4n) is 2.62. The molecule has 102 valence electrons. The van der Waals surface area contributed by atoms with Crippen molar-refractivity contribution in [3.63, 3.8) is 0 Å². The highest BCUT2D eigenvalue weighted by atomic mass is 16.5. The van der Waals surface area contributed by atoms with Crippen LogP contribution in [0.4, 0.5) is 0 Å². The van der Waals surface area contributed by atoms with E-state index in [1.165, 1.54) is 12.8 Å². The van der Waals surface area contributed by atoms with Crippen LogP contribution in [0.1, 0.15) is 51.2 Å². The summed E-state index contributed by atoms with van der Waals surface area (Å²) < 4.78 is 7.95. The van der Waals surface area contributed by atoms with Gasteiger partial charge >= 0.3 is 0 Å². The molecule has 1 fully saturated rings. The maximum absolute atomic E-state index is 6.15. The summed E-state index contributed by atoms with van der Waals surface area (Å²) in [6.07, 6.45) is 8.95. The molecular weight excluding hydrogens is 226 g/mol. The third kappa shape index (κ3) is 3.33. The number of nitrogens with two attached hydrogens (primary N) is 1. The first-order valence-corrected chi connectivity index (χ1v) is 6.84. The summed E-state index contributed by atoms with van der Waals surface area (Å²) >= 11 is 0. The van der Waals surface area contributed by atoms with Crippen molar-refractivity contribution in [2.45, 2.75) is 51.7 Å². The van der Waals surface area contributed by atoms with Gasteiger partial charge in [0.2, 0.25) is 0 Å². The summed E-state index contributed by atoms with van der Waals surface area (Å²) in [6.45, 7) is 5.20. The Labute approximate surface area is 110 Å². The van der Waals surface area contributed by atoms with E-state index in [2.05, 4.69) is 18.9 Å². The Balaban J connectivity index is 1.92. The van der Waals surface area contributed by atoms with Gasteiger partial charge in [0.25, 0.3) is 0 Å². The van der Waals surface area contributed by atoms with Crippen LogP contribution in [-0.4, -0.2) is 22.4 Å². The van der Waals surface area contributed by atoms with E-state index in [4.69, 9.17) is 10.5 Å². The molecule has 1 saturated carbocycles. The molecule has 4 heteroatoms. The molecule has 0 bridgehead atoms. The Morgan fingerprint density at radius 1 is 1.50 bits per heavy atom. The standard InChI is InChI=1S/C14H25N3O/c1-14(2)6-4-12(5-7-14)18-13(8-15)11-9-16-17(3)10-11/h9-10,12-13H,4-8,15H2,1-3H3. The molecule has 0 radical (unpaired) electrons. The second kappa shape index (κ2) is 5.41. The molecule has 1 aliphatic carbocycles. The second-order valence-electron chi connectivity index (χ2n) is 6.17. The molecule has 0 amide bonds. The van der Waals surface area contributed by atoms with Crippen molar-refractivity contribution >= 4 is 0 Å². The molecule has 1 aromatic heterocycles.